The quantitative estimate of drug-likeness (QED) is 0.778. The minimum absolute atomic E-state index is 0.464. The van der Waals surface area contributed by atoms with E-state index in [-0.39, 0.29) is 0 Å². The topological polar surface area (TPSA) is 52.5 Å². The van der Waals surface area contributed by atoms with Crippen molar-refractivity contribution in [2.24, 2.45) is 0 Å². The number of H-pyrrole nitrogens is 1. The molecule has 0 radical (unpaired) electrons. The number of hydrogen-bond donors (Lipinski definition) is 1. The first-order chi connectivity index (χ1) is 6.74. The molecule has 1 heterocycles. The maximum Gasteiger partial charge on any atom is 0.106 e. The summed E-state index contributed by atoms with van der Waals surface area (Å²) < 4.78 is 0. The summed E-state index contributed by atoms with van der Waals surface area (Å²) in [4.78, 5) is 7.45. The van der Waals surface area contributed by atoms with Crippen molar-refractivity contribution in [1.29, 1.82) is 5.26 Å². The fourth-order valence-electron chi connectivity index (χ4n) is 1.34. The van der Waals surface area contributed by atoms with Crippen molar-refractivity contribution >= 4 is 22.6 Å². The first-order valence-electron chi connectivity index (χ1n) is 4.33. The third-order valence-electron chi connectivity index (χ3n) is 2.08. The Bertz CT molecular complexity index is 522. The van der Waals surface area contributed by atoms with Crippen LogP contribution in [-0.2, 0) is 6.42 Å². The van der Waals surface area contributed by atoms with Crippen LogP contribution in [0.4, 0.5) is 0 Å². The highest BCUT2D eigenvalue weighted by Gasteiger charge is 2.06. The molecular weight excluding hydrogens is 198 g/mol. The molecule has 4 heteroatoms. The molecule has 1 aromatic carbocycles. The second kappa shape index (κ2) is 3.32. The third kappa shape index (κ3) is 1.34. The van der Waals surface area contributed by atoms with Crippen LogP contribution in [0.25, 0.3) is 11.0 Å². The minimum atomic E-state index is 0.464. The van der Waals surface area contributed by atoms with Crippen molar-refractivity contribution in [1.82, 2.24) is 9.97 Å². The molecular formula is C10H8ClN3. The zero-order chi connectivity index (χ0) is 10.1. The van der Waals surface area contributed by atoms with Crippen LogP contribution in [0.15, 0.2) is 12.1 Å². The molecule has 3 nitrogen and oxygen atoms in total. The van der Waals surface area contributed by atoms with E-state index in [1.807, 2.05) is 13.0 Å². The van der Waals surface area contributed by atoms with Gasteiger partial charge in [0, 0.05) is 6.42 Å². The Morgan fingerprint density at radius 3 is 3.00 bits per heavy atom. The van der Waals surface area contributed by atoms with Crippen molar-refractivity contribution in [3.05, 3.63) is 28.5 Å². The van der Waals surface area contributed by atoms with E-state index in [9.17, 15) is 0 Å². The third-order valence-corrected chi connectivity index (χ3v) is 2.39. The van der Waals surface area contributed by atoms with Gasteiger partial charge < -0.3 is 4.98 Å². The molecule has 0 aliphatic heterocycles. The Hall–Kier alpha value is -1.53. The number of halogens is 1. The maximum absolute atomic E-state index is 8.77. The number of aryl methyl sites for hydroxylation is 1. The molecule has 2 aromatic rings. The summed E-state index contributed by atoms with van der Waals surface area (Å²) in [7, 11) is 0. The van der Waals surface area contributed by atoms with Crippen LogP contribution in [0, 0.1) is 11.3 Å². The first kappa shape index (κ1) is 9.04. The number of imidazole rings is 1. The van der Waals surface area contributed by atoms with Crippen molar-refractivity contribution in [2.45, 2.75) is 13.3 Å². The maximum atomic E-state index is 8.77. The number of nitrogens with zero attached hydrogens (tertiary/aromatic N) is 2. The van der Waals surface area contributed by atoms with E-state index in [1.165, 1.54) is 0 Å². The molecule has 1 aromatic heterocycles. The van der Waals surface area contributed by atoms with Crippen LogP contribution >= 0.6 is 11.6 Å². The molecule has 0 spiro atoms. The normalized spacial score (nSPS) is 10.4. The van der Waals surface area contributed by atoms with Gasteiger partial charge in [0.25, 0.3) is 0 Å². The molecule has 1 N–H and O–H groups in total. The largest absolute Gasteiger partial charge is 0.342 e. The number of hydrogen-bond acceptors (Lipinski definition) is 2. The van der Waals surface area contributed by atoms with Gasteiger partial charge in [-0.2, -0.15) is 5.26 Å². The Morgan fingerprint density at radius 2 is 2.36 bits per heavy atom. The molecule has 0 fully saturated rings. The SMILES string of the molecule is CCc1nc2cc(C#N)c(Cl)cc2[nH]1. The number of nitrogens with one attached hydrogen (secondary N) is 1. The van der Waals surface area contributed by atoms with Gasteiger partial charge in [0.15, 0.2) is 0 Å². The van der Waals surface area contributed by atoms with Gasteiger partial charge in [0.2, 0.25) is 0 Å². The number of nitriles is 1. The zero-order valence-corrected chi connectivity index (χ0v) is 8.39. The summed E-state index contributed by atoms with van der Waals surface area (Å²) in [6.45, 7) is 2.02. The van der Waals surface area contributed by atoms with E-state index in [2.05, 4.69) is 9.97 Å². The summed E-state index contributed by atoms with van der Waals surface area (Å²) in [5, 5.41) is 9.23. The Kier molecular flexibility index (Phi) is 2.14. The van der Waals surface area contributed by atoms with Gasteiger partial charge in [0.1, 0.15) is 11.9 Å². The van der Waals surface area contributed by atoms with Crippen LogP contribution in [0.1, 0.15) is 18.3 Å². The fourth-order valence-corrected chi connectivity index (χ4v) is 1.54. The number of fused-ring (bicyclic) bond motifs is 1. The number of aromatic amines is 1. The van der Waals surface area contributed by atoms with Gasteiger partial charge in [0.05, 0.1) is 21.6 Å². The number of benzene rings is 1. The second-order valence-corrected chi connectivity index (χ2v) is 3.41. The van der Waals surface area contributed by atoms with Crippen molar-refractivity contribution in [3.63, 3.8) is 0 Å². The van der Waals surface area contributed by atoms with E-state index in [1.54, 1.807) is 12.1 Å². The lowest BCUT2D eigenvalue weighted by molar-refractivity contribution is 1.00. The molecule has 0 saturated heterocycles. The van der Waals surface area contributed by atoms with E-state index in [4.69, 9.17) is 16.9 Å². The van der Waals surface area contributed by atoms with Gasteiger partial charge in [-0.15, -0.1) is 0 Å². The summed E-state index contributed by atoms with van der Waals surface area (Å²) >= 11 is 5.89. The van der Waals surface area contributed by atoms with Gasteiger partial charge in [-0.3, -0.25) is 0 Å². The zero-order valence-electron chi connectivity index (χ0n) is 7.63. The van der Waals surface area contributed by atoms with Gasteiger partial charge >= 0.3 is 0 Å². The van der Waals surface area contributed by atoms with Crippen molar-refractivity contribution in [3.8, 4) is 6.07 Å². The fraction of sp³-hybridized carbons (Fsp3) is 0.200. The Labute approximate surface area is 86.3 Å². The number of rotatable bonds is 1. The lowest BCUT2D eigenvalue weighted by Crippen LogP contribution is -1.79. The van der Waals surface area contributed by atoms with Crippen LogP contribution in [0.2, 0.25) is 5.02 Å². The monoisotopic (exact) mass is 205 g/mol. The smallest absolute Gasteiger partial charge is 0.106 e. The van der Waals surface area contributed by atoms with E-state index in [0.717, 1.165) is 23.3 Å². The standard InChI is InChI=1S/C10H8ClN3/c1-2-10-13-8-3-6(5-12)7(11)4-9(8)14-10/h3-4H,2H2,1H3,(H,13,14). The van der Waals surface area contributed by atoms with Crippen LogP contribution in [0.3, 0.4) is 0 Å². The van der Waals surface area contributed by atoms with Gasteiger partial charge in [-0.05, 0) is 12.1 Å². The predicted molar refractivity (Wildman–Crippen MR) is 55.2 cm³/mol. The van der Waals surface area contributed by atoms with E-state index >= 15 is 0 Å². The van der Waals surface area contributed by atoms with Crippen molar-refractivity contribution < 1.29 is 0 Å². The first-order valence-corrected chi connectivity index (χ1v) is 4.70. The van der Waals surface area contributed by atoms with Gasteiger partial charge in [-0.1, -0.05) is 18.5 Å². The molecule has 0 amide bonds. The molecule has 0 unspecified atom stereocenters. The average molecular weight is 206 g/mol. The summed E-state index contributed by atoms with van der Waals surface area (Å²) in [6.07, 6.45) is 0.841. The summed E-state index contributed by atoms with van der Waals surface area (Å²) in [6, 6.07) is 5.47. The summed E-state index contributed by atoms with van der Waals surface area (Å²) in [5.74, 6) is 0.908. The van der Waals surface area contributed by atoms with Crippen LogP contribution in [-0.4, -0.2) is 9.97 Å². The minimum Gasteiger partial charge on any atom is -0.342 e. The molecule has 0 bridgehead atoms. The highest BCUT2D eigenvalue weighted by atomic mass is 35.5. The van der Waals surface area contributed by atoms with E-state index in [0.29, 0.717) is 10.6 Å². The highest BCUT2D eigenvalue weighted by molar-refractivity contribution is 6.32. The van der Waals surface area contributed by atoms with Gasteiger partial charge in [-0.25, -0.2) is 4.98 Å². The molecule has 14 heavy (non-hydrogen) atoms. The lowest BCUT2D eigenvalue weighted by Gasteiger charge is -1.92. The Morgan fingerprint density at radius 1 is 1.57 bits per heavy atom. The summed E-state index contributed by atoms with van der Waals surface area (Å²) in [5.41, 5.74) is 2.14. The highest BCUT2D eigenvalue weighted by Crippen LogP contribution is 2.21. The van der Waals surface area contributed by atoms with E-state index < -0.39 is 0 Å². The second-order valence-electron chi connectivity index (χ2n) is 3.00. The molecule has 0 aliphatic rings. The molecule has 70 valence electrons. The molecule has 2 rings (SSSR count). The molecule has 0 aliphatic carbocycles. The molecule has 0 saturated carbocycles. The lowest BCUT2D eigenvalue weighted by atomic mass is 10.2. The predicted octanol–water partition coefficient (Wildman–Crippen LogP) is 2.65. The number of aromatic nitrogens is 2. The van der Waals surface area contributed by atoms with Crippen LogP contribution in [0.5, 0.6) is 0 Å². The average Bonchev–Trinajstić information content (AvgIpc) is 2.58. The molecule has 0 atom stereocenters. The Balaban J connectivity index is 2.71. The van der Waals surface area contributed by atoms with Crippen molar-refractivity contribution in [2.75, 3.05) is 0 Å². The van der Waals surface area contributed by atoms with Crippen LogP contribution < -0.4 is 0 Å².